The summed E-state index contributed by atoms with van der Waals surface area (Å²) in [6.07, 6.45) is 3.60. The smallest absolute Gasteiger partial charge is 0.167 e. The molecule has 19 heavy (non-hydrogen) atoms. The van der Waals surface area contributed by atoms with E-state index in [2.05, 4.69) is 12.2 Å². The Kier molecular flexibility index (Phi) is 4.80. The van der Waals surface area contributed by atoms with E-state index in [-0.39, 0.29) is 5.75 Å². The van der Waals surface area contributed by atoms with Crippen LogP contribution in [0.1, 0.15) is 26.2 Å². The molecule has 5 heteroatoms. The molecule has 0 radical (unpaired) electrons. The summed E-state index contributed by atoms with van der Waals surface area (Å²) in [7, 11) is 1.46. The third-order valence-electron chi connectivity index (χ3n) is 3.50. The standard InChI is InChI=1S/C14H21FN2OS/c1-3-19-14-6-4-5-11(14)17-12-8-13(18-2)9(15)7-10(12)16/h7-8,11,14,17H,3-6,16H2,1-2H3. The Balaban J connectivity index is 2.14. The monoisotopic (exact) mass is 284 g/mol. The molecule has 1 aliphatic rings. The van der Waals surface area contributed by atoms with Gasteiger partial charge in [-0.15, -0.1) is 0 Å². The van der Waals surface area contributed by atoms with Crippen LogP contribution in [0.25, 0.3) is 0 Å². The third-order valence-corrected chi connectivity index (χ3v) is 4.82. The number of hydrogen-bond acceptors (Lipinski definition) is 4. The Morgan fingerprint density at radius 1 is 1.47 bits per heavy atom. The number of hydrogen-bond donors (Lipinski definition) is 2. The van der Waals surface area contributed by atoms with Crippen LogP contribution in [0.5, 0.6) is 5.75 Å². The van der Waals surface area contributed by atoms with Crippen molar-refractivity contribution in [1.82, 2.24) is 0 Å². The zero-order chi connectivity index (χ0) is 13.8. The molecule has 1 aliphatic carbocycles. The summed E-state index contributed by atoms with van der Waals surface area (Å²) < 4.78 is 18.5. The van der Waals surface area contributed by atoms with Crippen molar-refractivity contribution in [3.8, 4) is 5.75 Å². The minimum Gasteiger partial charge on any atom is -0.494 e. The highest BCUT2D eigenvalue weighted by Gasteiger charge is 2.27. The van der Waals surface area contributed by atoms with E-state index < -0.39 is 5.82 Å². The van der Waals surface area contributed by atoms with Gasteiger partial charge in [0.05, 0.1) is 18.5 Å². The second kappa shape index (κ2) is 6.37. The van der Waals surface area contributed by atoms with Crippen molar-refractivity contribution in [2.75, 3.05) is 23.9 Å². The van der Waals surface area contributed by atoms with Crippen LogP contribution in [0.3, 0.4) is 0 Å². The molecule has 106 valence electrons. The molecule has 1 aromatic rings. The fraction of sp³-hybridized carbons (Fsp3) is 0.571. The van der Waals surface area contributed by atoms with Crippen LogP contribution in [0, 0.1) is 5.82 Å². The Morgan fingerprint density at radius 3 is 2.95 bits per heavy atom. The van der Waals surface area contributed by atoms with E-state index in [0.717, 1.165) is 17.9 Å². The Morgan fingerprint density at radius 2 is 2.26 bits per heavy atom. The minimum absolute atomic E-state index is 0.231. The van der Waals surface area contributed by atoms with Crippen LogP contribution in [-0.4, -0.2) is 24.2 Å². The number of nitrogens with two attached hydrogens (primary N) is 1. The molecule has 1 fully saturated rings. The molecule has 0 aromatic heterocycles. The maximum absolute atomic E-state index is 13.5. The zero-order valence-electron chi connectivity index (χ0n) is 11.4. The van der Waals surface area contributed by atoms with Crippen molar-refractivity contribution >= 4 is 23.1 Å². The van der Waals surface area contributed by atoms with Gasteiger partial charge in [0.1, 0.15) is 0 Å². The highest BCUT2D eigenvalue weighted by molar-refractivity contribution is 7.99. The molecule has 0 saturated heterocycles. The largest absolute Gasteiger partial charge is 0.494 e. The average molecular weight is 284 g/mol. The van der Waals surface area contributed by atoms with Crippen molar-refractivity contribution in [2.45, 2.75) is 37.5 Å². The van der Waals surface area contributed by atoms with Gasteiger partial charge in [0.25, 0.3) is 0 Å². The molecule has 1 saturated carbocycles. The molecule has 3 nitrogen and oxygen atoms in total. The van der Waals surface area contributed by atoms with E-state index >= 15 is 0 Å². The third kappa shape index (κ3) is 3.26. The molecule has 0 aliphatic heterocycles. The van der Waals surface area contributed by atoms with E-state index in [0.29, 0.717) is 17.0 Å². The summed E-state index contributed by atoms with van der Waals surface area (Å²) in [5.74, 6) is 0.927. The Hall–Kier alpha value is -1.10. The van der Waals surface area contributed by atoms with E-state index in [9.17, 15) is 4.39 Å². The first-order valence-corrected chi connectivity index (χ1v) is 7.71. The quantitative estimate of drug-likeness (QED) is 0.812. The van der Waals surface area contributed by atoms with Gasteiger partial charge >= 0.3 is 0 Å². The van der Waals surface area contributed by atoms with Crippen LogP contribution in [0.4, 0.5) is 15.8 Å². The van der Waals surface area contributed by atoms with Gasteiger partial charge in [0, 0.05) is 23.4 Å². The fourth-order valence-electron chi connectivity index (χ4n) is 2.55. The molecular formula is C14H21FN2OS. The van der Waals surface area contributed by atoms with Gasteiger partial charge in [-0.05, 0) is 18.6 Å². The van der Waals surface area contributed by atoms with Crippen LogP contribution in [0.15, 0.2) is 12.1 Å². The number of anilines is 2. The fourth-order valence-corrected chi connectivity index (χ4v) is 3.75. The molecule has 2 unspecified atom stereocenters. The number of halogens is 1. The van der Waals surface area contributed by atoms with Gasteiger partial charge in [-0.25, -0.2) is 4.39 Å². The van der Waals surface area contributed by atoms with Crippen molar-refractivity contribution in [2.24, 2.45) is 0 Å². The summed E-state index contributed by atoms with van der Waals surface area (Å²) >= 11 is 1.98. The highest BCUT2D eigenvalue weighted by Crippen LogP contribution is 2.35. The lowest BCUT2D eigenvalue weighted by molar-refractivity contribution is 0.387. The van der Waals surface area contributed by atoms with Crippen molar-refractivity contribution in [3.05, 3.63) is 17.9 Å². The van der Waals surface area contributed by atoms with Gasteiger partial charge in [-0.1, -0.05) is 13.3 Å². The lowest BCUT2D eigenvalue weighted by atomic mass is 10.2. The number of thioether (sulfide) groups is 1. The highest BCUT2D eigenvalue weighted by atomic mass is 32.2. The minimum atomic E-state index is -0.420. The van der Waals surface area contributed by atoms with Crippen molar-refractivity contribution < 1.29 is 9.13 Å². The lowest BCUT2D eigenvalue weighted by Gasteiger charge is -2.22. The number of methoxy groups -OCH3 is 1. The second-order valence-electron chi connectivity index (χ2n) is 4.75. The molecular weight excluding hydrogens is 263 g/mol. The van der Waals surface area contributed by atoms with Crippen LogP contribution >= 0.6 is 11.8 Å². The molecule has 2 atom stereocenters. The van der Waals surface area contributed by atoms with Gasteiger partial charge in [0.15, 0.2) is 11.6 Å². The Bertz CT molecular complexity index is 442. The van der Waals surface area contributed by atoms with Gasteiger partial charge in [-0.3, -0.25) is 0 Å². The number of nitrogens with one attached hydrogen (secondary N) is 1. The summed E-state index contributed by atoms with van der Waals surface area (Å²) in [5.41, 5.74) is 7.08. The normalized spacial score (nSPS) is 22.5. The molecule has 0 spiro atoms. The second-order valence-corrected chi connectivity index (χ2v) is 6.27. The maximum Gasteiger partial charge on any atom is 0.167 e. The van der Waals surface area contributed by atoms with Gasteiger partial charge < -0.3 is 15.8 Å². The number of rotatable bonds is 5. The van der Waals surface area contributed by atoms with E-state index in [1.54, 1.807) is 6.07 Å². The number of ether oxygens (including phenoxy) is 1. The SMILES string of the molecule is CCSC1CCCC1Nc1cc(OC)c(F)cc1N. The van der Waals surface area contributed by atoms with E-state index in [1.165, 1.54) is 26.0 Å². The van der Waals surface area contributed by atoms with Crippen molar-refractivity contribution in [3.63, 3.8) is 0 Å². The van der Waals surface area contributed by atoms with E-state index in [1.807, 2.05) is 11.8 Å². The number of nitrogen functional groups attached to an aromatic ring is 1. The topological polar surface area (TPSA) is 47.3 Å². The first-order chi connectivity index (χ1) is 9.15. The molecule has 0 amide bonds. The number of benzene rings is 1. The summed E-state index contributed by atoms with van der Waals surface area (Å²) in [5, 5.41) is 4.06. The van der Waals surface area contributed by atoms with Gasteiger partial charge in [-0.2, -0.15) is 11.8 Å². The predicted molar refractivity (Wildman–Crippen MR) is 80.5 cm³/mol. The van der Waals surface area contributed by atoms with Crippen LogP contribution in [-0.2, 0) is 0 Å². The zero-order valence-corrected chi connectivity index (χ0v) is 12.2. The van der Waals surface area contributed by atoms with Crippen molar-refractivity contribution in [1.29, 1.82) is 0 Å². The Labute approximate surface area is 118 Å². The molecule has 3 N–H and O–H groups in total. The van der Waals surface area contributed by atoms with E-state index in [4.69, 9.17) is 10.5 Å². The summed E-state index contributed by atoms with van der Waals surface area (Å²) in [6.45, 7) is 2.18. The molecule has 0 bridgehead atoms. The first kappa shape index (κ1) is 14.3. The van der Waals surface area contributed by atoms with Crippen LogP contribution in [0.2, 0.25) is 0 Å². The molecule has 2 rings (SSSR count). The summed E-state index contributed by atoms with van der Waals surface area (Å²) in [4.78, 5) is 0. The van der Waals surface area contributed by atoms with Crippen LogP contribution < -0.4 is 15.8 Å². The summed E-state index contributed by atoms with van der Waals surface area (Å²) in [6, 6.07) is 3.37. The van der Waals surface area contributed by atoms with Gasteiger partial charge in [0.2, 0.25) is 0 Å². The predicted octanol–water partition coefficient (Wildman–Crippen LogP) is 3.50. The lowest BCUT2D eigenvalue weighted by Crippen LogP contribution is -2.26. The molecule has 1 aromatic carbocycles. The molecule has 0 heterocycles. The first-order valence-electron chi connectivity index (χ1n) is 6.66. The maximum atomic E-state index is 13.5. The average Bonchev–Trinajstić information content (AvgIpc) is 2.80.